The lowest BCUT2D eigenvalue weighted by Crippen LogP contribution is -1.99. The van der Waals surface area contributed by atoms with Crippen molar-refractivity contribution in [1.29, 1.82) is 0 Å². The smallest absolute Gasteiger partial charge is 0.127 e. The lowest BCUT2D eigenvalue weighted by atomic mass is 10.2. The van der Waals surface area contributed by atoms with Crippen LogP contribution < -0.4 is 5.73 Å². The summed E-state index contributed by atoms with van der Waals surface area (Å²) < 4.78 is 1.92. The summed E-state index contributed by atoms with van der Waals surface area (Å²) in [6.07, 6.45) is 3.27. The van der Waals surface area contributed by atoms with Gasteiger partial charge in [-0.2, -0.15) is 5.10 Å². The second-order valence-corrected chi connectivity index (χ2v) is 3.29. The maximum atomic E-state index is 5.61. The van der Waals surface area contributed by atoms with Gasteiger partial charge in [0.15, 0.2) is 0 Å². The number of nitrogens with two attached hydrogens (primary N) is 1. The summed E-state index contributed by atoms with van der Waals surface area (Å²) in [6.45, 7) is 4.93. The standard InChI is InChI=1S/C10H13N5/c1-3-15-7(2)8(5-14-15)9-4-10(11)13-6-12-9/h4-6H,3H2,1-2H3,(H2,11,12,13). The molecular formula is C10H13N5. The Hall–Kier alpha value is -1.91. The number of aromatic nitrogens is 4. The predicted octanol–water partition coefficient (Wildman–Crippen LogP) is 1.25. The molecule has 5 heteroatoms. The molecule has 2 N–H and O–H groups in total. The fraction of sp³-hybridized carbons (Fsp3) is 0.300. The number of hydrogen-bond donors (Lipinski definition) is 1. The van der Waals surface area contributed by atoms with E-state index >= 15 is 0 Å². The summed E-state index contributed by atoms with van der Waals surface area (Å²) in [4.78, 5) is 8.04. The summed E-state index contributed by atoms with van der Waals surface area (Å²) in [6, 6.07) is 1.75. The van der Waals surface area contributed by atoms with Gasteiger partial charge >= 0.3 is 0 Å². The molecule has 0 radical (unpaired) electrons. The van der Waals surface area contributed by atoms with E-state index in [1.54, 1.807) is 12.3 Å². The Labute approximate surface area is 88.0 Å². The van der Waals surface area contributed by atoms with Crippen molar-refractivity contribution in [2.24, 2.45) is 0 Å². The fourth-order valence-corrected chi connectivity index (χ4v) is 1.54. The van der Waals surface area contributed by atoms with Gasteiger partial charge in [0, 0.05) is 23.9 Å². The van der Waals surface area contributed by atoms with Crippen LogP contribution in [0.2, 0.25) is 0 Å². The third-order valence-corrected chi connectivity index (χ3v) is 2.37. The van der Waals surface area contributed by atoms with Gasteiger partial charge in [-0.05, 0) is 13.8 Å². The highest BCUT2D eigenvalue weighted by Crippen LogP contribution is 2.21. The number of nitrogen functional groups attached to an aromatic ring is 1. The Bertz CT molecular complexity index is 474. The second kappa shape index (κ2) is 3.68. The van der Waals surface area contributed by atoms with Gasteiger partial charge in [-0.15, -0.1) is 0 Å². The molecule has 0 saturated heterocycles. The molecule has 0 spiro atoms. The second-order valence-electron chi connectivity index (χ2n) is 3.29. The Balaban J connectivity index is 2.49. The Morgan fingerprint density at radius 3 is 2.80 bits per heavy atom. The minimum Gasteiger partial charge on any atom is -0.384 e. The molecule has 5 nitrogen and oxygen atoms in total. The van der Waals surface area contributed by atoms with Crippen LogP contribution in [-0.4, -0.2) is 19.7 Å². The van der Waals surface area contributed by atoms with Crippen molar-refractivity contribution < 1.29 is 0 Å². The third-order valence-electron chi connectivity index (χ3n) is 2.37. The van der Waals surface area contributed by atoms with E-state index in [1.165, 1.54) is 6.33 Å². The monoisotopic (exact) mass is 203 g/mol. The van der Waals surface area contributed by atoms with Crippen molar-refractivity contribution in [2.75, 3.05) is 5.73 Å². The summed E-state index contributed by atoms with van der Waals surface area (Å²) >= 11 is 0. The highest BCUT2D eigenvalue weighted by atomic mass is 15.3. The zero-order chi connectivity index (χ0) is 10.8. The van der Waals surface area contributed by atoms with Crippen molar-refractivity contribution in [2.45, 2.75) is 20.4 Å². The van der Waals surface area contributed by atoms with Crippen LogP contribution in [-0.2, 0) is 6.54 Å². The Morgan fingerprint density at radius 2 is 2.20 bits per heavy atom. The minimum atomic E-state index is 0.476. The molecule has 2 rings (SSSR count). The summed E-state index contributed by atoms with van der Waals surface area (Å²) in [5.74, 6) is 0.476. The molecule has 0 atom stereocenters. The molecule has 0 aromatic carbocycles. The maximum absolute atomic E-state index is 5.61. The van der Waals surface area contributed by atoms with Crippen LogP contribution in [0.5, 0.6) is 0 Å². The first kappa shape index (κ1) is 9.64. The lowest BCUT2D eigenvalue weighted by Gasteiger charge is -2.02. The van der Waals surface area contributed by atoms with Gasteiger partial charge in [-0.3, -0.25) is 4.68 Å². The lowest BCUT2D eigenvalue weighted by molar-refractivity contribution is 0.640. The largest absolute Gasteiger partial charge is 0.384 e. The van der Waals surface area contributed by atoms with Crippen molar-refractivity contribution in [3.63, 3.8) is 0 Å². The van der Waals surface area contributed by atoms with E-state index in [2.05, 4.69) is 22.0 Å². The molecule has 2 aromatic rings. The first-order valence-electron chi connectivity index (χ1n) is 4.82. The van der Waals surface area contributed by atoms with Gasteiger partial charge in [0.2, 0.25) is 0 Å². The van der Waals surface area contributed by atoms with Gasteiger partial charge in [-0.25, -0.2) is 9.97 Å². The number of nitrogens with zero attached hydrogens (tertiary/aromatic N) is 4. The van der Waals surface area contributed by atoms with E-state index in [0.29, 0.717) is 5.82 Å². The van der Waals surface area contributed by atoms with Crippen LogP contribution >= 0.6 is 0 Å². The molecule has 15 heavy (non-hydrogen) atoms. The van der Waals surface area contributed by atoms with Crippen LogP contribution in [0.1, 0.15) is 12.6 Å². The van der Waals surface area contributed by atoms with Crippen LogP contribution in [0.4, 0.5) is 5.82 Å². The van der Waals surface area contributed by atoms with Crippen molar-refractivity contribution in [3.05, 3.63) is 24.3 Å². The molecule has 0 amide bonds. The maximum Gasteiger partial charge on any atom is 0.127 e. The molecule has 2 heterocycles. The van der Waals surface area contributed by atoms with E-state index in [1.807, 2.05) is 11.6 Å². The number of aryl methyl sites for hydroxylation is 1. The quantitative estimate of drug-likeness (QED) is 0.797. The number of anilines is 1. The average Bonchev–Trinajstić information content (AvgIpc) is 2.59. The van der Waals surface area contributed by atoms with Gasteiger partial charge in [0.1, 0.15) is 12.1 Å². The van der Waals surface area contributed by atoms with Crippen molar-refractivity contribution >= 4 is 5.82 Å². The highest BCUT2D eigenvalue weighted by molar-refractivity contribution is 5.62. The Kier molecular flexibility index (Phi) is 2.37. The minimum absolute atomic E-state index is 0.476. The molecule has 0 aliphatic heterocycles. The SMILES string of the molecule is CCn1ncc(-c2cc(N)ncn2)c1C. The van der Waals surface area contributed by atoms with Gasteiger partial charge in [-0.1, -0.05) is 0 Å². The average molecular weight is 203 g/mol. The molecule has 0 saturated carbocycles. The van der Waals surface area contributed by atoms with Gasteiger partial charge in [0.05, 0.1) is 11.9 Å². The molecule has 0 bridgehead atoms. The van der Waals surface area contributed by atoms with Crippen LogP contribution in [0.3, 0.4) is 0 Å². The molecule has 78 valence electrons. The molecule has 2 aromatic heterocycles. The molecular weight excluding hydrogens is 190 g/mol. The van der Waals surface area contributed by atoms with E-state index in [-0.39, 0.29) is 0 Å². The van der Waals surface area contributed by atoms with Crippen LogP contribution in [0.15, 0.2) is 18.6 Å². The van der Waals surface area contributed by atoms with Crippen molar-refractivity contribution in [3.8, 4) is 11.3 Å². The zero-order valence-electron chi connectivity index (χ0n) is 8.81. The topological polar surface area (TPSA) is 69.6 Å². The summed E-state index contributed by atoms with van der Waals surface area (Å²) in [7, 11) is 0. The zero-order valence-corrected chi connectivity index (χ0v) is 8.81. The van der Waals surface area contributed by atoms with Gasteiger partial charge in [0.25, 0.3) is 0 Å². The van der Waals surface area contributed by atoms with Gasteiger partial charge < -0.3 is 5.73 Å². The molecule has 0 aliphatic rings. The summed E-state index contributed by atoms with van der Waals surface area (Å²) in [5, 5.41) is 4.26. The van der Waals surface area contributed by atoms with E-state index in [0.717, 1.165) is 23.5 Å². The molecule has 0 unspecified atom stereocenters. The predicted molar refractivity (Wildman–Crippen MR) is 58.1 cm³/mol. The third kappa shape index (κ3) is 1.68. The molecule has 0 fully saturated rings. The van der Waals surface area contributed by atoms with E-state index in [4.69, 9.17) is 5.73 Å². The Morgan fingerprint density at radius 1 is 1.40 bits per heavy atom. The normalized spacial score (nSPS) is 10.5. The van der Waals surface area contributed by atoms with Crippen LogP contribution in [0, 0.1) is 6.92 Å². The van der Waals surface area contributed by atoms with E-state index in [9.17, 15) is 0 Å². The number of hydrogen-bond acceptors (Lipinski definition) is 4. The number of rotatable bonds is 2. The first-order valence-corrected chi connectivity index (χ1v) is 4.82. The highest BCUT2D eigenvalue weighted by Gasteiger charge is 2.08. The van der Waals surface area contributed by atoms with Crippen molar-refractivity contribution in [1.82, 2.24) is 19.7 Å². The molecule has 0 aliphatic carbocycles. The first-order chi connectivity index (χ1) is 7.22. The van der Waals surface area contributed by atoms with Crippen LogP contribution in [0.25, 0.3) is 11.3 Å². The van der Waals surface area contributed by atoms with E-state index < -0.39 is 0 Å². The fourth-order valence-electron chi connectivity index (χ4n) is 1.54. The summed E-state index contributed by atoms with van der Waals surface area (Å²) in [5.41, 5.74) is 8.52.